The van der Waals surface area contributed by atoms with Crippen molar-refractivity contribution in [3.8, 4) is 0 Å². The number of nitrogens with one attached hydrogen (secondary N) is 2. The second-order valence-electron chi connectivity index (χ2n) is 15.4. The largest absolute Gasteiger partial charge is 0.444 e. The van der Waals surface area contributed by atoms with E-state index in [0.29, 0.717) is 36.9 Å². The number of ether oxygens (including phenoxy) is 1. The van der Waals surface area contributed by atoms with Crippen LogP contribution in [-0.2, 0) is 11.2 Å². The Labute approximate surface area is 299 Å². The minimum Gasteiger partial charge on any atom is -0.444 e. The lowest BCUT2D eigenvalue weighted by molar-refractivity contribution is 0.0254. The van der Waals surface area contributed by atoms with Gasteiger partial charge in [-0.3, -0.25) is 9.69 Å². The molecule has 0 atom stereocenters. The van der Waals surface area contributed by atoms with E-state index >= 15 is 0 Å². The Kier molecular flexibility index (Phi) is 13.0. The highest BCUT2D eigenvalue weighted by molar-refractivity contribution is 5.99. The van der Waals surface area contributed by atoms with E-state index in [1.807, 2.05) is 32.6 Å². The Morgan fingerprint density at radius 2 is 1.68 bits per heavy atom. The molecule has 1 aliphatic carbocycles. The third-order valence-corrected chi connectivity index (χ3v) is 10.3. The van der Waals surface area contributed by atoms with Crippen LogP contribution < -0.4 is 15.5 Å². The summed E-state index contributed by atoms with van der Waals surface area (Å²) in [6.07, 6.45) is 8.92. The lowest BCUT2D eigenvalue weighted by Gasteiger charge is -2.39. The average Bonchev–Trinajstić information content (AvgIpc) is 3.35. The fourth-order valence-corrected chi connectivity index (χ4v) is 7.49. The lowest BCUT2D eigenvalue weighted by atomic mass is 9.93. The van der Waals surface area contributed by atoms with Gasteiger partial charge in [0.05, 0.1) is 11.8 Å². The lowest BCUT2D eigenvalue weighted by Crippen LogP contribution is -2.46. The molecule has 0 radical (unpaired) electrons. The summed E-state index contributed by atoms with van der Waals surface area (Å²) in [5.74, 6) is 1.24. The molecule has 3 heterocycles. The third-order valence-electron chi connectivity index (χ3n) is 10.3. The van der Waals surface area contributed by atoms with E-state index in [9.17, 15) is 14.7 Å². The molecule has 3 fully saturated rings. The topological polar surface area (TPSA) is 123 Å². The van der Waals surface area contributed by atoms with Gasteiger partial charge in [-0.25, -0.2) is 14.8 Å². The van der Waals surface area contributed by atoms with Crippen LogP contribution in [0.3, 0.4) is 0 Å². The Bertz CT molecular complexity index is 1440. The summed E-state index contributed by atoms with van der Waals surface area (Å²) in [4.78, 5) is 42.9. The second kappa shape index (κ2) is 17.2. The number of hydrogen-bond acceptors (Lipinski definition) is 10. The van der Waals surface area contributed by atoms with Crippen LogP contribution in [0.5, 0.6) is 0 Å². The van der Waals surface area contributed by atoms with Gasteiger partial charge in [0, 0.05) is 69.1 Å². The second-order valence-corrected chi connectivity index (χ2v) is 15.4. The molecule has 276 valence electrons. The Hall–Kier alpha value is -3.44. The fourth-order valence-electron chi connectivity index (χ4n) is 7.49. The maximum Gasteiger partial charge on any atom is 0.410 e. The number of Topliss-reactive ketones (excluding diaryl/α,β-unsaturated/α-hetero) is 1. The quantitative estimate of drug-likeness (QED) is 0.211. The van der Waals surface area contributed by atoms with E-state index in [1.165, 1.54) is 11.3 Å². The summed E-state index contributed by atoms with van der Waals surface area (Å²) < 4.78 is 5.63. The van der Waals surface area contributed by atoms with Crippen LogP contribution in [0.15, 0.2) is 18.2 Å². The van der Waals surface area contributed by atoms with Crippen molar-refractivity contribution in [2.75, 3.05) is 54.8 Å². The summed E-state index contributed by atoms with van der Waals surface area (Å²) in [6.45, 7) is 17.4. The van der Waals surface area contributed by atoms with Crippen LogP contribution in [0.1, 0.15) is 121 Å². The van der Waals surface area contributed by atoms with Gasteiger partial charge >= 0.3 is 6.09 Å². The van der Waals surface area contributed by atoms with Crippen molar-refractivity contribution in [3.05, 3.63) is 35.2 Å². The van der Waals surface area contributed by atoms with Gasteiger partial charge in [0.15, 0.2) is 11.6 Å². The number of anilines is 4. The van der Waals surface area contributed by atoms with E-state index in [4.69, 9.17) is 14.7 Å². The predicted molar refractivity (Wildman–Crippen MR) is 201 cm³/mol. The SMILES string of the molecule is CCCCC(=O)c1nc(CC)c(NC2CCC(O)CC2)nc1Nc1ccc(N2CCC(N3CCCN(C(=O)OC(C)(C)C)CC3)CC2)c(C)c1. The molecule has 1 aromatic carbocycles. The number of aryl methyl sites for hydroxylation is 2. The minimum atomic E-state index is -0.478. The Morgan fingerprint density at radius 3 is 2.34 bits per heavy atom. The van der Waals surface area contributed by atoms with Gasteiger partial charge in [0.2, 0.25) is 0 Å². The highest BCUT2D eigenvalue weighted by Gasteiger charge is 2.30. The van der Waals surface area contributed by atoms with Crippen molar-refractivity contribution in [2.45, 2.75) is 136 Å². The zero-order valence-corrected chi connectivity index (χ0v) is 31.4. The molecular formula is C39H61N7O4. The molecule has 1 saturated carbocycles. The fraction of sp³-hybridized carbons (Fsp3) is 0.692. The van der Waals surface area contributed by atoms with Crippen molar-refractivity contribution in [3.63, 3.8) is 0 Å². The van der Waals surface area contributed by atoms with Gasteiger partial charge in [0.1, 0.15) is 17.1 Å². The summed E-state index contributed by atoms with van der Waals surface area (Å²) in [7, 11) is 0. The molecule has 0 spiro atoms. The summed E-state index contributed by atoms with van der Waals surface area (Å²) in [5.41, 5.74) is 4.02. The first-order valence-corrected chi connectivity index (χ1v) is 19.2. The number of rotatable bonds is 11. The average molecular weight is 692 g/mol. The van der Waals surface area contributed by atoms with Crippen molar-refractivity contribution in [1.82, 2.24) is 19.8 Å². The first kappa shape index (κ1) is 37.8. The number of piperidine rings is 1. The Balaban J connectivity index is 1.24. The van der Waals surface area contributed by atoms with Gasteiger partial charge in [-0.05, 0) is 109 Å². The van der Waals surface area contributed by atoms with Crippen molar-refractivity contribution in [1.29, 1.82) is 0 Å². The van der Waals surface area contributed by atoms with Gasteiger partial charge < -0.3 is 30.3 Å². The molecule has 50 heavy (non-hydrogen) atoms. The van der Waals surface area contributed by atoms with Gasteiger partial charge in [0.25, 0.3) is 0 Å². The number of hydrogen-bond donors (Lipinski definition) is 3. The highest BCUT2D eigenvalue weighted by atomic mass is 16.6. The normalized spacial score (nSPS) is 21.1. The smallest absolute Gasteiger partial charge is 0.410 e. The summed E-state index contributed by atoms with van der Waals surface area (Å²) in [5, 5.41) is 17.1. The molecule has 5 rings (SSSR count). The maximum atomic E-state index is 13.4. The van der Waals surface area contributed by atoms with Gasteiger partial charge in [-0.1, -0.05) is 20.3 Å². The monoisotopic (exact) mass is 691 g/mol. The summed E-state index contributed by atoms with van der Waals surface area (Å²) in [6, 6.07) is 7.15. The molecule has 2 aromatic rings. The molecule has 11 heteroatoms. The zero-order chi connectivity index (χ0) is 35.8. The molecule has 3 aliphatic rings. The van der Waals surface area contributed by atoms with Gasteiger partial charge in [-0.15, -0.1) is 0 Å². The molecule has 1 aromatic heterocycles. The molecule has 1 amide bonds. The number of carbonyl (C=O) groups is 2. The molecule has 0 bridgehead atoms. The first-order chi connectivity index (χ1) is 23.9. The van der Waals surface area contributed by atoms with Crippen LogP contribution in [0.25, 0.3) is 0 Å². The number of aliphatic hydroxyl groups excluding tert-OH is 1. The first-order valence-electron chi connectivity index (χ1n) is 19.2. The van der Waals surface area contributed by atoms with Crippen LogP contribution in [0.2, 0.25) is 0 Å². The highest BCUT2D eigenvalue weighted by Crippen LogP contribution is 2.31. The van der Waals surface area contributed by atoms with Crippen molar-refractivity contribution >= 4 is 34.9 Å². The predicted octanol–water partition coefficient (Wildman–Crippen LogP) is 7.09. The van der Waals surface area contributed by atoms with Gasteiger partial charge in [-0.2, -0.15) is 0 Å². The molecule has 0 unspecified atom stereocenters. The van der Waals surface area contributed by atoms with Crippen LogP contribution in [-0.4, -0.2) is 99.8 Å². The Morgan fingerprint density at radius 1 is 0.940 bits per heavy atom. The number of unbranched alkanes of at least 4 members (excludes halogenated alkanes) is 1. The standard InChI is InChI=1S/C39H61N7O4/c1-7-9-11-34(48)35-37(43-36(32(8-2)42-35)40-28-12-15-31(47)16-13-28)41-29-14-17-33(27(3)26-29)45-22-18-30(19-23-45)44-20-10-21-46(25-24-44)38(49)50-39(4,5)6/h14,17,26,28,30-31,47H,7-13,15-16,18-25H2,1-6H3,(H2,40,41,43). The van der Waals surface area contributed by atoms with Crippen LogP contribution >= 0.6 is 0 Å². The minimum absolute atomic E-state index is 0.0158. The number of aromatic nitrogens is 2. The number of aliphatic hydroxyl groups is 1. The van der Waals surface area contributed by atoms with Crippen LogP contribution in [0, 0.1) is 6.92 Å². The maximum absolute atomic E-state index is 13.4. The van der Waals surface area contributed by atoms with Crippen molar-refractivity contribution in [2.24, 2.45) is 0 Å². The number of nitrogens with zero attached hydrogens (tertiary/aromatic N) is 5. The van der Waals surface area contributed by atoms with E-state index in [-0.39, 0.29) is 24.0 Å². The third kappa shape index (κ3) is 10.1. The van der Waals surface area contributed by atoms with E-state index in [2.05, 4.69) is 52.5 Å². The van der Waals surface area contributed by atoms with Crippen LogP contribution in [0.4, 0.5) is 27.8 Å². The number of carbonyl (C=O) groups excluding carboxylic acids is 2. The number of ketones is 1. The van der Waals surface area contributed by atoms with E-state index in [0.717, 1.165) is 108 Å². The molecular weight excluding hydrogens is 630 g/mol. The molecule has 2 saturated heterocycles. The number of benzene rings is 1. The molecule has 11 nitrogen and oxygen atoms in total. The number of amides is 1. The molecule has 3 N–H and O–H groups in total. The van der Waals surface area contributed by atoms with E-state index < -0.39 is 5.60 Å². The molecule has 2 aliphatic heterocycles. The van der Waals surface area contributed by atoms with E-state index in [1.54, 1.807) is 0 Å². The van der Waals surface area contributed by atoms with Crippen molar-refractivity contribution < 1.29 is 19.4 Å². The zero-order valence-electron chi connectivity index (χ0n) is 31.4. The summed E-state index contributed by atoms with van der Waals surface area (Å²) >= 11 is 0.